The quantitative estimate of drug-likeness (QED) is 0.379. The van der Waals surface area contributed by atoms with Gasteiger partial charge >= 0.3 is 5.66 Å². The number of benzene rings is 3. The third kappa shape index (κ3) is 3.96. The van der Waals surface area contributed by atoms with Gasteiger partial charge in [-0.15, -0.1) is 0 Å². The van der Waals surface area contributed by atoms with Crippen LogP contribution in [0.5, 0.6) is 0 Å². The largest absolute Gasteiger partial charge is 0.344 e. The number of nitrogens with zero attached hydrogens (tertiary/aromatic N) is 1. The number of hydrogen-bond acceptors (Lipinski definition) is 1. The van der Waals surface area contributed by atoms with E-state index >= 15 is 0 Å². The molecule has 0 aliphatic rings. The van der Waals surface area contributed by atoms with E-state index in [2.05, 4.69) is 35.0 Å². The molecule has 0 fully saturated rings. The molecule has 0 radical (unpaired) electrons. The zero-order chi connectivity index (χ0) is 21.3. The summed E-state index contributed by atoms with van der Waals surface area (Å²) in [5.74, 6) is 0. The van der Waals surface area contributed by atoms with Gasteiger partial charge in [0.1, 0.15) is 0 Å². The Balaban J connectivity index is 1.68. The van der Waals surface area contributed by atoms with E-state index in [0.29, 0.717) is 12.1 Å². The van der Waals surface area contributed by atoms with Crippen LogP contribution in [0.4, 0.5) is 8.78 Å². The van der Waals surface area contributed by atoms with Crippen LogP contribution < -0.4 is 0 Å². The summed E-state index contributed by atoms with van der Waals surface area (Å²) in [4.78, 5) is 9.00. The SMILES string of the molecule is Cc1cc(Cn2cc(Cc3ccccc3)c3ccccc32)ccc1C(F)(F)[PH](=O)O. The van der Waals surface area contributed by atoms with Crippen LogP contribution in [0, 0.1) is 6.92 Å². The van der Waals surface area contributed by atoms with Crippen molar-refractivity contribution in [2.24, 2.45) is 0 Å². The van der Waals surface area contributed by atoms with Crippen molar-refractivity contribution in [2.75, 3.05) is 0 Å². The molecule has 1 aromatic heterocycles. The van der Waals surface area contributed by atoms with Crippen LogP contribution in [0.25, 0.3) is 10.9 Å². The van der Waals surface area contributed by atoms with Crippen LogP contribution in [-0.4, -0.2) is 9.46 Å². The van der Waals surface area contributed by atoms with Crippen LogP contribution in [0.3, 0.4) is 0 Å². The van der Waals surface area contributed by atoms with Gasteiger partial charge in [-0.1, -0.05) is 66.7 Å². The van der Waals surface area contributed by atoms with Crippen molar-refractivity contribution in [1.82, 2.24) is 4.57 Å². The monoisotopic (exact) mass is 425 g/mol. The lowest BCUT2D eigenvalue weighted by Crippen LogP contribution is -2.10. The Kier molecular flexibility index (Phi) is 5.59. The second kappa shape index (κ2) is 8.17. The molecule has 0 saturated heterocycles. The van der Waals surface area contributed by atoms with Crippen molar-refractivity contribution in [3.63, 3.8) is 0 Å². The molecule has 0 spiro atoms. The van der Waals surface area contributed by atoms with Crippen molar-refractivity contribution >= 4 is 18.9 Å². The highest BCUT2D eigenvalue weighted by molar-refractivity contribution is 7.39. The zero-order valence-electron chi connectivity index (χ0n) is 16.5. The van der Waals surface area contributed by atoms with Crippen LogP contribution in [0.2, 0.25) is 0 Å². The molecular weight excluding hydrogens is 403 g/mol. The lowest BCUT2D eigenvalue weighted by molar-refractivity contribution is 0.0808. The molecule has 1 N–H and O–H groups in total. The number of rotatable bonds is 6. The summed E-state index contributed by atoms with van der Waals surface area (Å²) in [6.07, 6.45) is 2.92. The van der Waals surface area contributed by atoms with Gasteiger partial charge in [-0.05, 0) is 41.7 Å². The molecule has 0 bridgehead atoms. The number of fused-ring (bicyclic) bond motifs is 1. The summed E-state index contributed by atoms with van der Waals surface area (Å²) in [6.45, 7) is 2.07. The van der Waals surface area contributed by atoms with E-state index in [9.17, 15) is 13.3 Å². The number of halogens is 2. The zero-order valence-corrected chi connectivity index (χ0v) is 17.5. The van der Waals surface area contributed by atoms with Gasteiger partial charge in [0, 0.05) is 29.2 Å². The Bertz CT molecular complexity index is 1220. The molecule has 6 heteroatoms. The maximum atomic E-state index is 14.0. The summed E-state index contributed by atoms with van der Waals surface area (Å²) >= 11 is 0. The van der Waals surface area contributed by atoms with Crippen molar-refractivity contribution in [2.45, 2.75) is 25.6 Å². The normalized spacial score (nSPS) is 12.9. The van der Waals surface area contributed by atoms with Gasteiger partial charge in [0.15, 0.2) is 0 Å². The maximum absolute atomic E-state index is 14.0. The third-order valence-corrected chi connectivity index (χ3v) is 6.17. The lowest BCUT2D eigenvalue weighted by atomic mass is 10.0. The molecule has 30 heavy (non-hydrogen) atoms. The first-order valence-corrected chi connectivity index (χ1v) is 11.0. The summed E-state index contributed by atoms with van der Waals surface area (Å²) in [7, 11) is -4.00. The van der Waals surface area contributed by atoms with Gasteiger partial charge in [0.2, 0.25) is 0 Å². The number of para-hydroxylation sites is 1. The van der Waals surface area contributed by atoms with E-state index in [1.165, 1.54) is 22.6 Å². The Hall–Kier alpha value is -2.75. The predicted molar refractivity (Wildman–Crippen MR) is 117 cm³/mol. The van der Waals surface area contributed by atoms with E-state index in [4.69, 9.17) is 4.89 Å². The molecule has 0 aliphatic heterocycles. The Labute approximate surface area is 174 Å². The molecule has 0 saturated carbocycles. The third-order valence-electron chi connectivity index (χ3n) is 5.36. The lowest BCUT2D eigenvalue weighted by Gasteiger charge is -2.17. The van der Waals surface area contributed by atoms with E-state index in [1.54, 1.807) is 19.1 Å². The van der Waals surface area contributed by atoms with Gasteiger partial charge in [-0.3, -0.25) is 4.57 Å². The fourth-order valence-electron chi connectivity index (χ4n) is 3.90. The van der Waals surface area contributed by atoms with Gasteiger partial charge in [0.25, 0.3) is 8.03 Å². The van der Waals surface area contributed by atoms with Gasteiger partial charge < -0.3 is 9.46 Å². The topological polar surface area (TPSA) is 42.2 Å². The average molecular weight is 425 g/mol. The molecule has 1 unspecified atom stereocenters. The molecule has 4 aromatic rings. The average Bonchev–Trinajstić information content (AvgIpc) is 3.06. The van der Waals surface area contributed by atoms with E-state index in [0.717, 1.165) is 17.5 Å². The molecule has 0 aliphatic carbocycles. The molecular formula is C24H22F2NO2P. The second-order valence-electron chi connectivity index (χ2n) is 7.49. The molecule has 4 rings (SSSR count). The number of alkyl halides is 2. The molecule has 3 aromatic carbocycles. The van der Waals surface area contributed by atoms with Crippen molar-refractivity contribution in [3.8, 4) is 0 Å². The van der Waals surface area contributed by atoms with Crippen molar-refractivity contribution < 1.29 is 18.2 Å². The molecule has 1 atom stereocenters. The standard InChI is InChI=1S/C24H22F2NO2P/c1-17-13-19(11-12-22(17)24(25,26)30(28)29)15-27-16-20(14-18-7-3-2-4-8-18)21-9-5-6-10-23(21)27/h2-13,16,30H,14-15H2,1H3,(H,28,29). The van der Waals surface area contributed by atoms with Crippen LogP contribution >= 0.6 is 8.03 Å². The summed E-state index contributed by atoms with van der Waals surface area (Å²) in [6, 6.07) is 22.9. The fourth-order valence-corrected chi connectivity index (χ4v) is 4.41. The van der Waals surface area contributed by atoms with Crippen molar-refractivity contribution in [3.05, 3.63) is 107 Å². The Morgan fingerprint density at radius 2 is 1.67 bits per heavy atom. The summed E-state index contributed by atoms with van der Waals surface area (Å²) in [5.41, 5.74) is 0.576. The second-order valence-corrected chi connectivity index (χ2v) is 8.73. The minimum Gasteiger partial charge on any atom is -0.343 e. The minimum atomic E-state index is -4.00. The van der Waals surface area contributed by atoms with Crippen LogP contribution in [0.1, 0.15) is 27.8 Å². The van der Waals surface area contributed by atoms with Crippen LogP contribution in [-0.2, 0) is 23.2 Å². The Morgan fingerprint density at radius 1 is 0.967 bits per heavy atom. The first kappa shape index (κ1) is 20.5. The Morgan fingerprint density at radius 3 is 2.37 bits per heavy atom. The highest BCUT2D eigenvalue weighted by Crippen LogP contribution is 2.48. The number of aryl methyl sites for hydroxylation is 1. The highest BCUT2D eigenvalue weighted by Gasteiger charge is 2.39. The smallest absolute Gasteiger partial charge is 0.343 e. The molecule has 3 nitrogen and oxygen atoms in total. The van der Waals surface area contributed by atoms with Crippen LogP contribution in [0.15, 0.2) is 79.0 Å². The fraction of sp³-hybridized carbons (Fsp3) is 0.167. The van der Waals surface area contributed by atoms with E-state index in [1.807, 2.05) is 30.3 Å². The highest BCUT2D eigenvalue weighted by atomic mass is 31.1. The number of aromatic nitrogens is 1. The van der Waals surface area contributed by atoms with Crippen molar-refractivity contribution in [1.29, 1.82) is 0 Å². The van der Waals surface area contributed by atoms with E-state index in [-0.39, 0.29) is 5.56 Å². The molecule has 0 amide bonds. The minimum absolute atomic E-state index is 0.311. The summed E-state index contributed by atoms with van der Waals surface area (Å²) in [5, 5.41) is 1.17. The number of hydrogen-bond donors (Lipinski definition) is 1. The first-order valence-electron chi connectivity index (χ1n) is 9.68. The molecule has 154 valence electrons. The van der Waals surface area contributed by atoms with Gasteiger partial charge in [-0.2, -0.15) is 8.78 Å². The van der Waals surface area contributed by atoms with Gasteiger partial charge in [0.05, 0.1) is 0 Å². The molecule has 1 heterocycles. The summed E-state index contributed by atoms with van der Waals surface area (Å²) < 4.78 is 41.2. The first-order chi connectivity index (χ1) is 14.4. The predicted octanol–water partition coefficient (Wildman–Crippen LogP) is 6.11. The van der Waals surface area contributed by atoms with Gasteiger partial charge in [-0.25, -0.2) is 0 Å². The maximum Gasteiger partial charge on any atom is 0.344 e. The van der Waals surface area contributed by atoms with E-state index < -0.39 is 13.7 Å².